The van der Waals surface area contributed by atoms with Gasteiger partial charge in [-0.1, -0.05) is 0 Å². The lowest BCUT2D eigenvalue weighted by Gasteiger charge is -2.02. The summed E-state index contributed by atoms with van der Waals surface area (Å²) in [5, 5.41) is 8.79. The van der Waals surface area contributed by atoms with E-state index in [0.29, 0.717) is 12.1 Å². The fourth-order valence-corrected chi connectivity index (χ4v) is 1.02. The third-order valence-corrected chi connectivity index (χ3v) is 1.71. The SMILES string of the molecule is NCCC(=O)c1cc(F)c(O)cc1F. The lowest BCUT2D eigenvalue weighted by atomic mass is 10.1. The van der Waals surface area contributed by atoms with E-state index in [-0.39, 0.29) is 18.5 Å². The van der Waals surface area contributed by atoms with Gasteiger partial charge in [-0.05, 0) is 12.6 Å². The highest BCUT2D eigenvalue weighted by Gasteiger charge is 2.14. The summed E-state index contributed by atoms with van der Waals surface area (Å²) >= 11 is 0. The maximum Gasteiger partial charge on any atom is 0.167 e. The summed E-state index contributed by atoms with van der Waals surface area (Å²) in [5.41, 5.74) is 4.71. The first-order valence-corrected chi connectivity index (χ1v) is 3.97. The van der Waals surface area contributed by atoms with Gasteiger partial charge in [0.1, 0.15) is 5.82 Å². The van der Waals surface area contributed by atoms with E-state index in [2.05, 4.69) is 0 Å². The van der Waals surface area contributed by atoms with Gasteiger partial charge < -0.3 is 10.8 Å². The fourth-order valence-electron chi connectivity index (χ4n) is 1.02. The van der Waals surface area contributed by atoms with Crippen LogP contribution in [0.5, 0.6) is 5.75 Å². The predicted octanol–water partition coefficient (Wildman–Crippen LogP) is 1.20. The van der Waals surface area contributed by atoms with Crippen LogP contribution in [-0.2, 0) is 0 Å². The number of hydrogen-bond acceptors (Lipinski definition) is 3. The minimum atomic E-state index is -1.02. The number of rotatable bonds is 3. The molecular weight excluding hydrogens is 192 g/mol. The first kappa shape index (κ1) is 10.6. The van der Waals surface area contributed by atoms with Crippen LogP contribution < -0.4 is 5.73 Å². The van der Waals surface area contributed by atoms with E-state index >= 15 is 0 Å². The van der Waals surface area contributed by atoms with Crippen LogP contribution in [-0.4, -0.2) is 17.4 Å². The van der Waals surface area contributed by atoms with Crippen LogP contribution in [0.15, 0.2) is 12.1 Å². The van der Waals surface area contributed by atoms with Gasteiger partial charge in [-0.25, -0.2) is 8.78 Å². The Balaban J connectivity index is 3.09. The number of nitrogens with two attached hydrogens (primary N) is 1. The van der Waals surface area contributed by atoms with E-state index < -0.39 is 23.2 Å². The number of carbonyl (C=O) groups is 1. The molecule has 0 atom stereocenters. The van der Waals surface area contributed by atoms with Gasteiger partial charge in [-0.2, -0.15) is 0 Å². The molecule has 0 saturated carbocycles. The van der Waals surface area contributed by atoms with Crippen LogP contribution in [0.3, 0.4) is 0 Å². The summed E-state index contributed by atoms with van der Waals surface area (Å²) in [6, 6.07) is 1.24. The van der Waals surface area contributed by atoms with Crippen LogP contribution in [0.4, 0.5) is 8.78 Å². The molecule has 1 aromatic carbocycles. The van der Waals surface area contributed by atoms with Crippen molar-refractivity contribution < 1.29 is 18.7 Å². The number of benzene rings is 1. The van der Waals surface area contributed by atoms with Crippen molar-refractivity contribution >= 4 is 5.78 Å². The Morgan fingerprint density at radius 2 is 2.00 bits per heavy atom. The van der Waals surface area contributed by atoms with E-state index in [4.69, 9.17) is 10.8 Å². The lowest BCUT2D eigenvalue weighted by molar-refractivity contribution is 0.0981. The smallest absolute Gasteiger partial charge is 0.167 e. The van der Waals surface area contributed by atoms with Crippen molar-refractivity contribution in [3.63, 3.8) is 0 Å². The van der Waals surface area contributed by atoms with E-state index in [1.165, 1.54) is 0 Å². The van der Waals surface area contributed by atoms with Crippen molar-refractivity contribution in [3.8, 4) is 5.75 Å². The third kappa shape index (κ3) is 2.05. The lowest BCUT2D eigenvalue weighted by Crippen LogP contribution is -2.10. The zero-order valence-corrected chi connectivity index (χ0v) is 7.26. The standard InChI is InChI=1S/C9H9F2NO2/c10-6-4-9(14)7(11)3-5(6)8(13)1-2-12/h3-4,14H,1-2,12H2. The molecule has 76 valence electrons. The summed E-state index contributed by atoms with van der Waals surface area (Å²) in [4.78, 5) is 11.2. The Labute approximate surface area is 79.2 Å². The zero-order chi connectivity index (χ0) is 10.7. The van der Waals surface area contributed by atoms with Crippen molar-refractivity contribution in [2.24, 2.45) is 5.73 Å². The highest BCUT2D eigenvalue weighted by molar-refractivity contribution is 5.96. The molecule has 0 unspecified atom stereocenters. The second kappa shape index (κ2) is 4.15. The molecule has 0 spiro atoms. The summed E-state index contributed by atoms with van der Waals surface area (Å²) < 4.78 is 25.8. The molecule has 0 aliphatic carbocycles. The average Bonchev–Trinajstić information content (AvgIpc) is 2.11. The van der Waals surface area contributed by atoms with E-state index in [1.807, 2.05) is 0 Å². The summed E-state index contributed by atoms with van der Waals surface area (Å²) in [7, 11) is 0. The normalized spacial score (nSPS) is 10.2. The molecule has 0 amide bonds. The number of aromatic hydroxyl groups is 1. The zero-order valence-electron chi connectivity index (χ0n) is 7.26. The summed E-state index contributed by atoms with van der Waals surface area (Å²) in [6.45, 7) is 0.0702. The van der Waals surface area contributed by atoms with Gasteiger partial charge in [0, 0.05) is 12.5 Å². The number of Topliss-reactive ketones (excluding diaryl/α,β-unsaturated/α-hetero) is 1. The second-order valence-electron chi connectivity index (χ2n) is 2.75. The Kier molecular flexibility index (Phi) is 3.14. The second-order valence-corrected chi connectivity index (χ2v) is 2.75. The van der Waals surface area contributed by atoms with E-state index in [9.17, 15) is 13.6 Å². The quantitative estimate of drug-likeness (QED) is 0.722. The molecule has 5 heteroatoms. The van der Waals surface area contributed by atoms with Crippen molar-refractivity contribution in [3.05, 3.63) is 29.3 Å². The van der Waals surface area contributed by atoms with Gasteiger partial charge in [0.2, 0.25) is 0 Å². The van der Waals surface area contributed by atoms with E-state index in [1.54, 1.807) is 0 Å². The highest BCUT2D eigenvalue weighted by Crippen LogP contribution is 2.20. The number of halogens is 2. The Hall–Kier alpha value is -1.49. The molecule has 0 aromatic heterocycles. The molecule has 0 aliphatic heterocycles. The molecule has 3 N–H and O–H groups in total. The van der Waals surface area contributed by atoms with Crippen LogP contribution in [0.25, 0.3) is 0 Å². The largest absolute Gasteiger partial charge is 0.505 e. The van der Waals surface area contributed by atoms with Crippen molar-refractivity contribution in [2.75, 3.05) is 6.54 Å². The van der Waals surface area contributed by atoms with Crippen LogP contribution >= 0.6 is 0 Å². The minimum absolute atomic E-state index is 0.0544. The highest BCUT2D eigenvalue weighted by atomic mass is 19.1. The predicted molar refractivity (Wildman–Crippen MR) is 46.0 cm³/mol. The first-order valence-electron chi connectivity index (χ1n) is 3.97. The van der Waals surface area contributed by atoms with Gasteiger partial charge in [0.25, 0.3) is 0 Å². The topological polar surface area (TPSA) is 63.3 Å². The molecule has 0 radical (unpaired) electrons. The van der Waals surface area contributed by atoms with Crippen molar-refractivity contribution in [1.82, 2.24) is 0 Å². The van der Waals surface area contributed by atoms with Crippen molar-refractivity contribution in [2.45, 2.75) is 6.42 Å². The molecule has 0 heterocycles. The van der Waals surface area contributed by atoms with Gasteiger partial charge in [0.05, 0.1) is 5.56 Å². The maximum absolute atomic E-state index is 13.0. The number of hydrogen-bond donors (Lipinski definition) is 2. The Morgan fingerprint density at radius 1 is 1.36 bits per heavy atom. The van der Waals surface area contributed by atoms with Gasteiger partial charge >= 0.3 is 0 Å². The van der Waals surface area contributed by atoms with Gasteiger partial charge in [-0.15, -0.1) is 0 Å². The van der Waals surface area contributed by atoms with Crippen LogP contribution in [0.2, 0.25) is 0 Å². The molecule has 0 bridgehead atoms. The molecule has 1 aromatic rings. The molecule has 0 fully saturated rings. The molecular formula is C9H9F2NO2. The molecule has 1 rings (SSSR count). The van der Waals surface area contributed by atoms with Crippen LogP contribution in [0.1, 0.15) is 16.8 Å². The monoisotopic (exact) mass is 201 g/mol. The maximum atomic E-state index is 13.0. The van der Waals surface area contributed by atoms with E-state index in [0.717, 1.165) is 0 Å². The molecule has 0 aliphatic rings. The molecule has 14 heavy (non-hydrogen) atoms. The van der Waals surface area contributed by atoms with Crippen LogP contribution in [0, 0.1) is 11.6 Å². The van der Waals surface area contributed by atoms with Gasteiger partial charge in [-0.3, -0.25) is 4.79 Å². The first-order chi connectivity index (χ1) is 6.56. The third-order valence-electron chi connectivity index (χ3n) is 1.71. The fraction of sp³-hybridized carbons (Fsp3) is 0.222. The number of carbonyl (C=O) groups excluding carboxylic acids is 1. The average molecular weight is 201 g/mol. The Bertz CT molecular complexity index is 366. The number of ketones is 1. The molecule has 0 saturated heterocycles. The van der Waals surface area contributed by atoms with Gasteiger partial charge in [0.15, 0.2) is 17.3 Å². The summed E-state index contributed by atoms with van der Waals surface area (Å²) in [6.07, 6.45) is -0.0544. The number of phenolic OH excluding ortho intramolecular Hbond substituents is 1. The van der Waals surface area contributed by atoms with Crippen molar-refractivity contribution in [1.29, 1.82) is 0 Å². The Morgan fingerprint density at radius 3 is 2.57 bits per heavy atom. The molecule has 3 nitrogen and oxygen atoms in total. The summed E-state index contributed by atoms with van der Waals surface area (Å²) in [5.74, 6) is -3.36. The minimum Gasteiger partial charge on any atom is -0.505 e. The number of phenols is 1.